The summed E-state index contributed by atoms with van der Waals surface area (Å²) in [5.74, 6) is -3.46. The van der Waals surface area contributed by atoms with Gasteiger partial charge in [0, 0.05) is 18.9 Å². The Kier molecular flexibility index (Phi) is 5.80. The number of halogens is 2. The summed E-state index contributed by atoms with van der Waals surface area (Å²) in [5.41, 5.74) is -1.13. The number of hydrogen-bond donors (Lipinski definition) is 2. The average molecular weight is 349 g/mol. The Morgan fingerprint density at radius 2 is 1.84 bits per heavy atom. The van der Waals surface area contributed by atoms with E-state index in [0.717, 1.165) is 18.6 Å². The van der Waals surface area contributed by atoms with Gasteiger partial charge in [-0.25, -0.2) is 8.78 Å². The van der Waals surface area contributed by atoms with Crippen molar-refractivity contribution < 1.29 is 23.2 Å². The summed E-state index contributed by atoms with van der Waals surface area (Å²) in [6.07, 6.45) is 1.79. The van der Waals surface area contributed by atoms with Crippen LogP contribution in [0.3, 0.4) is 0 Å². The van der Waals surface area contributed by atoms with Gasteiger partial charge >= 0.3 is 0 Å². The van der Waals surface area contributed by atoms with E-state index in [9.17, 15) is 23.2 Å². The van der Waals surface area contributed by atoms with Crippen molar-refractivity contribution in [2.45, 2.75) is 37.6 Å². The molecule has 1 aromatic carbocycles. The molecule has 132 valence electrons. The monoisotopic (exact) mass is 349 g/mol. The molecule has 0 unspecified atom stereocenters. The minimum Gasteiger partial charge on any atom is -0.349 e. The highest BCUT2D eigenvalue weighted by Crippen LogP contribution is 2.30. The lowest BCUT2D eigenvalue weighted by Crippen LogP contribution is -2.52. The highest BCUT2D eigenvalue weighted by atomic mass is 19.1. The second kappa shape index (κ2) is 7.83. The van der Waals surface area contributed by atoms with Gasteiger partial charge in [-0.1, -0.05) is 0 Å². The molecule has 2 N–H and O–H groups in total. The van der Waals surface area contributed by atoms with Crippen molar-refractivity contribution in [1.29, 1.82) is 5.26 Å². The molecular formula is C17H17F2N3O3. The van der Waals surface area contributed by atoms with Gasteiger partial charge in [0.1, 0.15) is 17.2 Å². The standard InChI is InChI=1S/C17H17F2N3O3/c18-11-2-3-12(13(19)8-11)14(23)9-21-15(24)4-5-16(25)22-17(10-20)6-1-7-17/h2-3,8H,1,4-7,9H2,(H,21,24)(H,22,25). The fourth-order valence-corrected chi connectivity index (χ4v) is 2.43. The van der Waals surface area contributed by atoms with E-state index in [2.05, 4.69) is 16.7 Å². The molecule has 0 spiro atoms. The van der Waals surface area contributed by atoms with Crippen LogP contribution < -0.4 is 10.6 Å². The summed E-state index contributed by atoms with van der Waals surface area (Å²) < 4.78 is 26.3. The molecule has 6 nitrogen and oxygen atoms in total. The third kappa shape index (κ3) is 4.83. The fourth-order valence-electron chi connectivity index (χ4n) is 2.43. The number of amides is 2. The molecule has 2 rings (SSSR count). The maximum absolute atomic E-state index is 13.5. The molecule has 1 saturated carbocycles. The van der Waals surface area contributed by atoms with Crippen molar-refractivity contribution in [2.24, 2.45) is 0 Å². The molecule has 0 atom stereocenters. The average Bonchev–Trinajstić information content (AvgIpc) is 2.54. The van der Waals surface area contributed by atoms with Crippen molar-refractivity contribution in [3.63, 3.8) is 0 Å². The van der Waals surface area contributed by atoms with Crippen molar-refractivity contribution in [3.8, 4) is 6.07 Å². The van der Waals surface area contributed by atoms with Gasteiger partial charge < -0.3 is 10.6 Å². The number of nitrogens with one attached hydrogen (secondary N) is 2. The first-order valence-corrected chi connectivity index (χ1v) is 7.82. The summed E-state index contributed by atoms with van der Waals surface area (Å²) in [6.45, 7) is -0.453. The van der Waals surface area contributed by atoms with Crippen molar-refractivity contribution >= 4 is 17.6 Å². The number of nitrogens with zero attached hydrogens (tertiary/aromatic N) is 1. The molecular weight excluding hydrogens is 332 g/mol. The van der Waals surface area contributed by atoms with E-state index in [1.54, 1.807) is 0 Å². The van der Waals surface area contributed by atoms with Crippen LogP contribution >= 0.6 is 0 Å². The molecule has 1 fully saturated rings. The highest BCUT2D eigenvalue weighted by molar-refractivity contribution is 5.99. The van der Waals surface area contributed by atoms with E-state index < -0.39 is 41.3 Å². The lowest BCUT2D eigenvalue weighted by molar-refractivity contribution is -0.127. The molecule has 25 heavy (non-hydrogen) atoms. The zero-order valence-electron chi connectivity index (χ0n) is 13.4. The summed E-state index contributed by atoms with van der Waals surface area (Å²) in [6, 6.07) is 4.61. The Hall–Kier alpha value is -2.82. The van der Waals surface area contributed by atoms with Gasteiger partial charge in [-0.15, -0.1) is 0 Å². The van der Waals surface area contributed by atoms with E-state index in [1.165, 1.54) is 0 Å². The zero-order chi connectivity index (χ0) is 18.4. The summed E-state index contributed by atoms with van der Waals surface area (Å²) in [7, 11) is 0. The van der Waals surface area contributed by atoms with Crippen LogP contribution in [0.2, 0.25) is 0 Å². The molecule has 0 aromatic heterocycles. The van der Waals surface area contributed by atoms with Gasteiger partial charge in [0.25, 0.3) is 0 Å². The second-order valence-corrected chi connectivity index (χ2v) is 5.92. The number of carbonyl (C=O) groups is 3. The minimum atomic E-state index is -0.999. The van der Waals surface area contributed by atoms with Crippen molar-refractivity contribution in [1.82, 2.24) is 10.6 Å². The smallest absolute Gasteiger partial charge is 0.221 e. The number of Topliss-reactive ketones (excluding diaryl/α,β-unsaturated/α-hetero) is 1. The number of carbonyl (C=O) groups excluding carboxylic acids is 3. The molecule has 0 saturated heterocycles. The van der Waals surface area contributed by atoms with Crippen LogP contribution in [0.1, 0.15) is 42.5 Å². The second-order valence-electron chi connectivity index (χ2n) is 5.92. The predicted molar refractivity (Wildman–Crippen MR) is 83.3 cm³/mol. The first-order valence-electron chi connectivity index (χ1n) is 7.82. The summed E-state index contributed by atoms with van der Waals surface area (Å²) in [4.78, 5) is 35.2. The maximum Gasteiger partial charge on any atom is 0.221 e. The van der Waals surface area contributed by atoms with Crippen LogP contribution in [-0.2, 0) is 9.59 Å². The Labute approximate surface area is 143 Å². The van der Waals surface area contributed by atoms with Gasteiger partial charge in [-0.05, 0) is 31.4 Å². The SMILES string of the molecule is N#CC1(NC(=O)CCC(=O)NCC(=O)c2ccc(F)cc2F)CCC1. The molecule has 8 heteroatoms. The Balaban J connectivity index is 1.74. The Morgan fingerprint density at radius 1 is 1.16 bits per heavy atom. The van der Waals surface area contributed by atoms with E-state index in [-0.39, 0.29) is 18.4 Å². The van der Waals surface area contributed by atoms with E-state index in [1.807, 2.05) is 0 Å². The molecule has 0 bridgehead atoms. The molecule has 2 amide bonds. The molecule has 1 aliphatic carbocycles. The minimum absolute atomic E-state index is 0.117. The van der Waals surface area contributed by atoms with Crippen LogP contribution in [0.15, 0.2) is 18.2 Å². The lowest BCUT2D eigenvalue weighted by atomic mass is 9.78. The number of benzene rings is 1. The van der Waals surface area contributed by atoms with Crippen LogP contribution in [0.25, 0.3) is 0 Å². The van der Waals surface area contributed by atoms with E-state index in [0.29, 0.717) is 18.9 Å². The first-order chi connectivity index (χ1) is 11.8. The third-order valence-corrected chi connectivity index (χ3v) is 4.06. The van der Waals surface area contributed by atoms with E-state index >= 15 is 0 Å². The zero-order valence-corrected chi connectivity index (χ0v) is 13.4. The number of rotatable bonds is 7. The molecule has 1 aromatic rings. The Bertz CT molecular complexity index is 739. The summed E-state index contributed by atoms with van der Waals surface area (Å²) in [5, 5.41) is 13.9. The molecule has 1 aliphatic rings. The maximum atomic E-state index is 13.5. The number of nitriles is 1. The van der Waals surface area contributed by atoms with Crippen LogP contribution in [0, 0.1) is 23.0 Å². The number of hydrogen-bond acceptors (Lipinski definition) is 4. The van der Waals surface area contributed by atoms with Crippen LogP contribution in [0.4, 0.5) is 8.78 Å². The van der Waals surface area contributed by atoms with Crippen LogP contribution in [0.5, 0.6) is 0 Å². The molecule has 0 aliphatic heterocycles. The largest absolute Gasteiger partial charge is 0.349 e. The summed E-state index contributed by atoms with van der Waals surface area (Å²) >= 11 is 0. The number of ketones is 1. The third-order valence-electron chi connectivity index (χ3n) is 4.06. The first kappa shape index (κ1) is 18.5. The fraction of sp³-hybridized carbons (Fsp3) is 0.412. The molecule has 0 heterocycles. The quantitative estimate of drug-likeness (QED) is 0.731. The van der Waals surface area contributed by atoms with Crippen LogP contribution in [-0.4, -0.2) is 29.7 Å². The molecule has 0 radical (unpaired) electrons. The van der Waals surface area contributed by atoms with Gasteiger partial charge in [0.15, 0.2) is 5.78 Å². The topological polar surface area (TPSA) is 99.1 Å². The van der Waals surface area contributed by atoms with Crippen molar-refractivity contribution in [2.75, 3.05) is 6.54 Å². The van der Waals surface area contributed by atoms with Gasteiger partial charge in [0.05, 0.1) is 18.2 Å². The van der Waals surface area contributed by atoms with Crippen molar-refractivity contribution in [3.05, 3.63) is 35.4 Å². The van der Waals surface area contributed by atoms with Gasteiger partial charge in [-0.2, -0.15) is 5.26 Å². The lowest BCUT2D eigenvalue weighted by Gasteiger charge is -2.35. The van der Waals surface area contributed by atoms with Gasteiger partial charge in [-0.3, -0.25) is 14.4 Å². The Morgan fingerprint density at radius 3 is 2.40 bits per heavy atom. The normalized spacial score (nSPS) is 14.8. The van der Waals surface area contributed by atoms with E-state index in [4.69, 9.17) is 5.26 Å². The van der Waals surface area contributed by atoms with Gasteiger partial charge in [0.2, 0.25) is 11.8 Å². The highest BCUT2D eigenvalue weighted by Gasteiger charge is 2.38. The predicted octanol–water partition coefficient (Wildman–Crippen LogP) is 1.61.